The van der Waals surface area contributed by atoms with Gasteiger partial charge in [0.25, 0.3) is 0 Å². The van der Waals surface area contributed by atoms with Gasteiger partial charge in [-0.25, -0.2) is 0 Å². The van der Waals surface area contributed by atoms with E-state index in [2.05, 4.69) is 118 Å². The van der Waals surface area contributed by atoms with Gasteiger partial charge in [0, 0.05) is 19.3 Å². The van der Waals surface area contributed by atoms with Crippen LogP contribution in [0.4, 0.5) is 0 Å². The summed E-state index contributed by atoms with van der Waals surface area (Å²) in [5, 5.41) is 0. The van der Waals surface area contributed by atoms with E-state index in [9.17, 15) is 14.4 Å². The van der Waals surface area contributed by atoms with E-state index in [1.807, 2.05) is 0 Å². The zero-order chi connectivity index (χ0) is 49.3. The Balaban J connectivity index is 4.41. The number of carbonyl (C=O) groups excluding carboxylic acids is 3. The molecule has 0 fully saturated rings. The summed E-state index contributed by atoms with van der Waals surface area (Å²) in [5.41, 5.74) is 0. The number of unbranched alkanes of at least 4 members (excludes halogenated alkanes) is 23. The van der Waals surface area contributed by atoms with E-state index in [1.165, 1.54) is 83.5 Å². The number of rotatable bonds is 50. The van der Waals surface area contributed by atoms with Gasteiger partial charge in [-0.1, -0.05) is 221 Å². The van der Waals surface area contributed by atoms with Crippen molar-refractivity contribution in [2.24, 2.45) is 0 Å². The molecule has 0 aromatic carbocycles. The average Bonchev–Trinajstić information content (AvgIpc) is 3.34. The van der Waals surface area contributed by atoms with Crippen LogP contribution >= 0.6 is 0 Å². The molecule has 1 unspecified atom stereocenters. The molecule has 0 bridgehead atoms. The highest BCUT2D eigenvalue weighted by atomic mass is 16.6. The summed E-state index contributed by atoms with van der Waals surface area (Å²) in [5.74, 6) is -0.923. The Bertz CT molecular complexity index is 1360. The van der Waals surface area contributed by atoms with Crippen LogP contribution in [0.15, 0.2) is 97.2 Å². The summed E-state index contributed by atoms with van der Waals surface area (Å²) < 4.78 is 16.8. The Hall–Kier alpha value is -3.67. The predicted octanol–water partition coefficient (Wildman–Crippen LogP) is 18.9. The maximum atomic E-state index is 12.8. The average molecular weight is 946 g/mol. The highest BCUT2D eigenvalue weighted by molar-refractivity contribution is 5.71. The maximum Gasteiger partial charge on any atom is 0.306 e. The molecule has 0 aliphatic rings. The number of allylic oxidation sites excluding steroid dienone is 16. The Labute approximate surface area is 419 Å². The molecular formula is C62H104O6. The Kier molecular flexibility index (Phi) is 52.9. The van der Waals surface area contributed by atoms with Crippen LogP contribution in [0, 0.1) is 0 Å². The minimum Gasteiger partial charge on any atom is -0.462 e. The topological polar surface area (TPSA) is 78.9 Å². The van der Waals surface area contributed by atoms with Crippen LogP contribution in [0.2, 0.25) is 0 Å². The number of hydrogen-bond donors (Lipinski definition) is 0. The monoisotopic (exact) mass is 945 g/mol. The number of esters is 3. The summed E-state index contributed by atoms with van der Waals surface area (Å²) in [6, 6.07) is 0. The zero-order valence-corrected chi connectivity index (χ0v) is 44.3. The van der Waals surface area contributed by atoms with E-state index in [1.54, 1.807) is 0 Å². The van der Waals surface area contributed by atoms with Gasteiger partial charge in [0.15, 0.2) is 6.10 Å². The minimum absolute atomic E-state index is 0.0918. The Morgan fingerprint density at radius 1 is 0.309 bits per heavy atom. The van der Waals surface area contributed by atoms with E-state index in [-0.39, 0.29) is 31.1 Å². The van der Waals surface area contributed by atoms with E-state index in [0.717, 1.165) is 135 Å². The van der Waals surface area contributed by atoms with Crippen molar-refractivity contribution >= 4 is 17.9 Å². The third kappa shape index (κ3) is 53.3. The van der Waals surface area contributed by atoms with Crippen LogP contribution in [0.1, 0.15) is 258 Å². The van der Waals surface area contributed by atoms with E-state index < -0.39 is 6.10 Å². The van der Waals surface area contributed by atoms with Crippen LogP contribution in [-0.4, -0.2) is 37.2 Å². The lowest BCUT2D eigenvalue weighted by atomic mass is 10.1. The van der Waals surface area contributed by atoms with Gasteiger partial charge in [-0.05, 0) is 116 Å². The standard InChI is InChI=1S/C62H104O6/c1-4-7-10-13-16-19-22-25-28-29-30-31-32-33-35-37-40-43-46-49-52-55-61(64)67-58-59(57-66-60(63)54-51-48-45-42-39-36-27-24-21-18-15-12-9-6-3)68-62(65)56-53-50-47-44-41-38-34-26-23-20-17-14-11-8-5-2/h7-8,10-11,16-17,19-20,24-28,30-31,34,59H,4-6,9,12-15,18,21-23,29,32-33,35-58H2,1-3H3/b10-7-,11-8-,19-16-,20-17-,27-24-,28-25-,31-30-,34-26-. The molecule has 0 N–H and O–H groups in total. The number of carbonyl (C=O) groups is 3. The quantitative estimate of drug-likeness (QED) is 0.0262. The molecule has 0 radical (unpaired) electrons. The number of ether oxygens (including phenoxy) is 3. The van der Waals surface area contributed by atoms with Crippen molar-refractivity contribution < 1.29 is 28.6 Å². The molecule has 6 nitrogen and oxygen atoms in total. The molecule has 1 atom stereocenters. The molecule has 0 aliphatic heterocycles. The van der Waals surface area contributed by atoms with Gasteiger partial charge in [-0.2, -0.15) is 0 Å². The molecule has 0 spiro atoms. The molecule has 6 heteroatoms. The predicted molar refractivity (Wildman–Crippen MR) is 293 cm³/mol. The third-order valence-corrected chi connectivity index (χ3v) is 11.8. The van der Waals surface area contributed by atoms with Crippen LogP contribution < -0.4 is 0 Å². The van der Waals surface area contributed by atoms with Crippen LogP contribution in [0.5, 0.6) is 0 Å². The summed E-state index contributed by atoms with van der Waals surface area (Å²) in [6.07, 6.45) is 73.9. The highest BCUT2D eigenvalue weighted by Crippen LogP contribution is 2.14. The highest BCUT2D eigenvalue weighted by Gasteiger charge is 2.19. The van der Waals surface area contributed by atoms with Crippen molar-refractivity contribution in [3.8, 4) is 0 Å². The molecule has 68 heavy (non-hydrogen) atoms. The van der Waals surface area contributed by atoms with E-state index in [4.69, 9.17) is 14.2 Å². The fourth-order valence-corrected chi connectivity index (χ4v) is 7.62. The maximum absolute atomic E-state index is 12.8. The molecule has 0 rings (SSSR count). The second kappa shape index (κ2) is 55.9. The van der Waals surface area contributed by atoms with Crippen LogP contribution in [-0.2, 0) is 28.6 Å². The molecule has 0 aromatic heterocycles. The van der Waals surface area contributed by atoms with Gasteiger partial charge in [0.05, 0.1) is 0 Å². The zero-order valence-electron chi connectivity index (χ0n) is 44.3. The van der Waals surface area contributed by atoms with E-state index in [0.29, 0.717) is 19.3 Å². The van der Waals surface area contributed by atoms with Crippen molar-refractivity contribution in [1.29, 1.82) is 0 Å². The lowest BCUT2D eigenvalue weighted by Gasteiger charge is -2.18. The number of hydrogen-bond acceptors (Lipinski definition) is 6. The second-order valence-corrected chi connectivity index (χ2v) is 18.4. The lowest BCUT2D eigenvalue weighted by molar-refractivity contribution is -0.167. The van der Waals surface area contributed by atoms with Gasteiger partial charge in [-0.3, -0.25) is 14.4 Å². The molecule has 0 heterocycles. The van der Waals surface area contributed by atoms with Gasteiger partial charge >= 0.3 is 17.9 Å². The van der Waals surface area contributed by atoms with Crippen molar-refractivity contribution in [2.75, 3.05) is 13.2 Å². The Morgan fingerprint density at radius 3 is 0.912 bits per heavy atom. The lowest BCUT2D eigenvalue weighted by Crippen LogP contribution is -2.30. The van der Waals surface area contributed by atoms with Crippen molar-refractivity contribution in [2.45, 2.75) is 264 Å². The molecule has 0 saturated heterocycles. The van der Waals surface area contributed by atoms with Crippen LogP contribution in [0.3, 0.4) is 0 Å². The largest absolute Gasteiger partial charge is 0.462 e. The first-order valence-electron chi connectivity index (χ1n) is 28.2. The normalized spacial score (nSPS) is 12.8. The molecule has 0 aromatic rings. The van der Waals surface area contributed by atoms with Gasteiger partial charge in [-0.15, -0.1) is 0 Å². The fraction of sp³-hybridized carbons (Fsp3) is 0.694. The first-order chi connectivity index (χ1) is 33.5. The first kappa shape index (κ1) is 64.3. The molecule has 0 saturated carbocycles. The van der Waals surface area contributed by atoms with Gasteiger partial charge in [0.2, 0.25) is 0 Å². The smallest absolute Gasteiger partial charge is 0.306 e. The summed E-state index contributed by atoms with van der Waals surface area (Å²) in [6.45, 7) is 6.38. The van der Waals surface area contributed by atoms with Crippen molar-refractivity contribution in [1.82, 2.24) is 0 Å². The molecule has 0 aliphatic carbocycles. The minimum atomic E-state index is -0.794. The summed E-state index contributed by atoms with van der Waals surface area (Å²) in [7, 11) is 0. The van der Waals surface area contributed by atoms with Crippen molar-refractivity contribution in [3.63, 3.8) is 0 Å². The molecular weight excluding hydrogens is 841 g/mol. The molecule has 388 valence electrons. The van der Waals surface area contributed by atoms with E-state index >= 15 is 0 Å². The fourth-order valence-electron chi connectivity index (χ4n) is 7.62. The molecule has 0 amide bonds. The van der Waals surface area contributed by atoms with Crippen molar-refractivity contribution in [3.05, 3.63) is 97.2 Å². The summed E-state index contributed by atoms with van der Waals surface area (Å²) >= 11 is 0. The van der Waals surface area contributed by atoms with Gasteiger partial charge < -0.3 is 14.2 Å². The third-order valence-electron chi connectivity index (χ3n) is 11.8. The van der Waals surface area contributed by atoms with Gasteiger partial charge in [0.1, 0.15) is 13.2 Å². The first-order valence-corrected chi connectivity index (χ1v) is 28.2. The second-order valence-electron chi connectivity index (χ2n) is 18.4. The summed E-state index contributed by atoms with van der Waals surface area (Å²) in [4.78, 5) is 38.1. The Morgan fingerprint density at radius 2 is 0.574 bits per heavy atom. The van der Waals surface area contributed by atoms with Crippen LogP contribution in [0.25, 0.3) is 0 Å². The SMILES string of the molecule is CC/C=C\C/C=C\C/C=C\C/C=C\CCCCCCCCCCC(=O)OCC(COC(=O)CCCCCCC/C=C\CCCCCCC)OC(=O)CCCCCCC/C=C\C/C=C\C/C=C\CC.